The number of hydrogen-bond donors (Lipinski definition) is 2. The van der Waals surface area contributed by atoms with Gasteiger partial charge in [0.1, 0.15) is 45.5 Å². The van der Waals surface area contributed by atoms with Crippen LogP contribution in [0.25, 0.3) is 200 Å². The second kappa shape index (κ2) is 31.1. The predicted octanol–water partition coefficient (Wildman–Crippen LogP) is 27.3. The molecule has 0 spiro atoms. The van der Waals surface area contributed by atoms with Gasteiger partial charge in [-0.3, -0.25) is 19.1 Å². The van der Waals surface area contributed by atoms with Gasteiger partial charge in [-0.05, 0) is 117 Å². The zero-order valence-corrected chi connectivity index (χ0v) is 68.9. The van der Waals surface area contributed by atoms with E-state index in [1.807, 2.05) is 85.2 Å². The van der Waals surface area contributed by atoms with Crippen LogP contribution in [0.5, 0.6) is 11.5 Å². The number of imidazole rings is 2. The fourth-order valence-electron chi connectivity index (χ4n) is 17.1. The molecule has 574 valence electrons. The summed E-state index contributed by atoms with van der Waals surface area (Å²) in [5.74, 6) is 1.59. The van der Waals surface area contributed by atoms with Crippen molar-refractivity contribution in [3.8, 4) is 124 Å². The minimum absolute atomic E-state index is 0. The van der Waals surface area contributed by atoms with Gasteiger partial charge in [0, 0.05) is 104 Å². The molecule has 0 aliphatic heterocycles. The van der Waals surface area contributed by atoms with Crippen molar-refractivity contribution in [3.63, 3.8) is 0 Å². The van der Waals surface area contributed by atoms with Crippen molar-refractivity contribution in [3.05, 3.63) is 400 Å². The maximum absolute atomic E-state index is 11.4. The molecule has 0 atom stereocenters. The van der Waals surface area contributed by atoms with Gasteiger partial charge in [0.2, 0.25) is 0 Å². The molecule has 6 heterocycles. The van der Waals surface area contributed by atoms with Gasteiger partial charge < -0.3 is 19.0 Å². The Hall–Kier alpha value is -14.1. The molecule has 22 rings (SSSR count). The first-order valence-electron chi connectivity index (χ1n) is 39.2. The average molecular weight is 1890 g/mol. The van der Waals surface area contributed by atoms with Gasteiger partial charge in [-0.25, -0.2) is 9.97 Å². The molecule has 0 amide bonds. The number of phenolic OH excluding ortho intramolecular Hbond substituents is 2. The standard InChI is InChI=1S/C55H38N3O2.C52H32N3O2.2Pt/c1-55(2,39-19-7-4-8-20-39)40-33-37(32-38(34-40)51-53-45(30-31-56-51)50-42-22-10-9-18-36(42)28-29-49(50)60-53)43-24-15-26-47-52(43)57-54(44-23-12-14-27-48(44)59)58(47)46-25-13-11-21-41(46)35-16-5-3-6-17-35;56-46-25-12-10-21-42(46)52-54-50-41(22-13-24-45(50)55(52)44-23-11-9-19-39(44)34-16-5-2-6-17-34)37-30-36(33-14-3-1-4-15-33)31-38(32-37)49-51-43(28-29-53-49)48-40-20-8-7-18-35(40)26-27-47(48)57-51;;/h3-31,33-34,59H,1-2H3;1-31,56H;;/q2*-1;;. The minimum atomic E-state index is -0.388. The van der Waals surface area contributed by atoms with Crippen LogP contribution in [0.4, 0.5) is 0 Å². The van der Waals surface area contributed by atoms with E-state index < -0.39 is 0 Å². The number of furan rings is 2. The van der Waals surface area contributed by atoms with E-state index in [4.69, 9.17) is 28.8 Å². The molecule has 12 heteroatoms. The van der Waals surface area contributed by atoms with Crippen LogP contribution in [-0.2, 0) is 47.5 Å². The number of nitrogens with zero attached hydrogens (tertiary/aromatic N) is 6. The maximum atomic E-state index is 11.4. The van der Waals surface area contributed by atoms with Crippen LogP contribution in [0, 0.1) is 12.1 Å². The Labute approximate surface area is 714 Å². The zero-order valence-electron chi connectivity index (χ0n) is 64.3. The van der Waals surface area contributed by atoms with Crippen molar-refractivity contribution in [2.75, 3.05) is 0 Å². The van der Waals surface area contributed by atoms with Gasteiger partial charge in [-0.2, -0.15) is 0 Å². The fourth-order valence-corrected chi connectivity index (χ4v) is 17.1. The smallest absolute Gasteiger partial charge is 0.148 e. The number of hydrogen-bond acceptors (Lipinski definition) is 8. The van der Waals surface area contributed by atoms with Crippen molar-refractivity contribution < 1.29 is 61.2 Å². The molecule has 6 aromatic heterocycles. The van der Waals surface area contributed by atoms with Crippen molar-refractivity contribution >= 4 is 87.5 Å². The number of aromatic hydroxyl groups is 2. The van der Waals surface area contributed by atoms with Crippen LogP contribution < -0.4 is 0 Å². The van der Waals surface area contributed by atoms with Crippen molar-refractivity contribution in [1.82, 2.24) is 29.1 Å². The topological polar surface area (TPSA) is 128 Å². The SMILES string of the molecule is CC(C)(c1ccccc1)c1cc(-c2cccc3c2nc(-c2ccccc2O)n3-c2ccccc2-c2ccccc2)[c-]c(-c2nccc3c2oc2ccc4ccccc4c23)c1.Oc1ccccc1-c1nc2c(-c3[c-]c(-c4nccc5c4oc4ccc6ccccc6c45)cc(-c4ccccc4)c3)cccc2n1-c1ccccc1-c1ccccc1.[Pt].[Pt]. The predicted molar refractivity (Wildman–Crippen MR) is 476 cm³/mol. The second-order valence-electron chi connectivity index (χ2n) is 30.0. The van der Waals surface area contributed by atoms with Gasteiger partial charge in [0.15, 0.2) is 0 Å². The summed E-state index contributed by atoms with van der Waals surface area (Å²) in [5.41, 5.74) is 24.6. The van der Waals surface area contributed by atoms with Crippen LogP contribution in [-0.4, -0.2) is 39.3 Å². The molecule has 0 saturated carbocycles. The van der Waals surface area contributed by atoms with Crippen LogP contribution >= 0.6 is 0 Å². The largest absolute Gasteiger partial charge is 0.507 e. The number of para-hydroxylation sites is 6. The number of benzene rings is 16. The molecule has 22 aromatic rings. The summed E-state index contributed by atoms with van der Waals surface area (Å²) in [6.45, 7) is 4.53. The molecular weight excluding hydrogens is 1820 g/mol. The van der Waals surface area contributed by atoms with Gasteiger partial charge in [-0.15, -0.1) is 53.1 Å². The quantitative estimate of drug-likeness (QED) is 0.109. The van der Waals surface area contributed by atoms with Crippen molar-refractivity contribution in [1.29, 1.82) is 0 Å². The number of rotatable bonds is 13. The molecule has 0 aliphatic carbocycles. The summed E-state index contributed by atoms with van der Waals surface area (Å²) in [4.78, 5) is 20.8. The summed E-state index contributed by atoms with van der Waals surface area (Å²) >= 11 is 0. The molecule has 119 heavy (non-hydrogen) atoms. The third kappa shape index (κ3) is 13.2. The molecule has 0 aliphatic rings. The third-order valence-corrected chi connectivity index (χ3v) is 22.8. The molecule has 16 aromatic carbocycles. The summed E-state index contributed by atoms with van der Waals surface area (Å²) in [5, 5.41) is 31.4. The molecule has 0 saturated heterocycles. The van der Waals surface area contributed by atoms with Crippen LogP contribution in [0.2, 0.25) is 0 Å². The Morgan fingerprint density at radius 3 is 1.17 bits per heavy atom. The Morgan fingerprint density at radius 2 is 0.689 bits per heavy atom. The van der Waals surface area contributed by atoms with E-state index in [0.717, 1.165) is 183 Å². The number of pyridine rings is 2. The number of fused-ring (bicyclic) bond motifs is 12. The Bertz CT molecular complexity index is 7650. The zero-order chi connectivity index (χ0) is 78.2. The second-order valence-corrected chi connectivity index (χ2v) is 30.0. The summed E-state index contributed by atoms with van der Waals surface area (Å²) in [7, 11) is 0. The average Bonchev–Trinajstić information content (AvgIpc) is 1.62. The molecular formula is C107H70N6O4Pt2-2. The van der Waals surface area contributed by atoms with Crippen LogP contribution in [0.3, 0.4) is 0 Å². The molecule has 0 bridgehead atoms. The molecule has 0 radical (unpaired) electrons. The normalized spacial score (nSPS) is 11.5. The van der Waals surface area contributed by atoms with Crippen LogP contribution in [0.1, 0.15) is 25.0 Å². The van der Waals surface area contributed by atoms with E-state index in [-0.39, 0.29) is 59.0 Å². The molecule has 0 fully saturated rings. The van der Waals surface area contributed by atoms with E-state index in [0.29, 0.717) is 22.8 Å². The molecule has 2 N–H and O–H groups in total. The van der Waals surface area contributed by atoms with E-state index >= 15 is 0 Å². The Balaban J connectivity index is 0.000000155. The van der Waals surface area contributed by atoms with Crippen LogP contribution in [0.15, 0.2) is 385 Å². The summed E-state index contributed by atoms with van der Waals surface area (Å²) < 4.78 is 17.7. The van der Waals surface area contributed by atoms with Gasteiger partial charge in [-0.1, -0.05) is 309 Å². The number of phenols is 2. The van der Waals surface area contributed by atoms with E-state index in [2.05, 4.69) is 314 Å². The van der Waals surface area contributed by atoms with E-state index in [9.17, 15) is 10.2 Å². The van der Waals surface area contributed by atoms with E-state index in [1.165, 1.54) is 5.56 Å². The molecule has 10 nitrogen and oxygen atoms in total. The minimum Gasteiger partial charge on any atom is -0.507 e. The first kappa shape index (κ1) is 74.9. The van der Waals surface area contributed by atoms with Crippen molar-refractivity contribution in [2.24, 2.45) is 0 Å². The first-order valence-corrected chi connectivity index (χ1v) is 39.2. The fraction of sp³-hybridized carbons (Fsp3) is 0.0280. The monoisotopic (exact) mass is 1890 g/mol. The summed E-state index contributed by atoms with van der Waals surface area (Å²) in [6, 6.07) is 132. The van der Waals surface area contributed by atoms with Gasteiger partial charge in [0.25, 0.3) is 0 Å². The first-order chi connectivity index (χ1) is 57.6. The third-order valence-electron chi connectivity index (χ3n) is 22.8. The van der Waals surface area contributed by atoms with Gasteiger partial charge in [0.05, 0.1) is 44.6 Å². The Morgan fingerprint density at radius 1 is 0.311 bits per heavy atom. The number of aromatic nitrogens is 6. The maximum Gasteiger partial charge on any atom is 0.148 e. The Kier molecular flexibility index (Phi) is 19.6. The molecule has 0 unspecified atom stereocenters. The van der Waals surface area contributed by atoms with E-state index in [1.54, 1.807) is 12.1 Å². The van der Waals surface area contributed by atoms with Gasteiger partial charge >= 0.3 is 0 Å². The summed E-state index contributed by atoms with van der Waals surface area (Å²) in [6.07, 6.45) is 3.74. The van der Waals surface area contributed by atoms with Crippen molar-refractivity contribution in [2.45, 2.75) is 19.3 Å².